The van der Waals surface area contributed by atoms with Gasteiger partial charge in [0.15, 0.2) is 11.6 Å². The Labute approximate surface area is 99.0 Å². The quantitative estimate of drug-likeness (QED) is 0.815. The summed E-state index contributed by atoms with van der Waals surface area (Å²) in [6, 6.07) is 3.92. The molecule has 5 heteroatoms. The standard InChI is InChI=1S/C12H16F2N2O/c1-2-16-12(17)9(7-15)6-8-4-3-5-10(13)11(8)14/h3-5,9H,2,6-7,15H2,1H3,(H,16,17). The van der Waals surface area contributed by atoms with Crippen molar-refractivity contribution in [3.63, 3.8) is 0 Å². The summed E-state index contributed by atoms with van der Waals surface area (Å²) in [5, 5.41) is 2.62. The van der Waals surface area contributed by atoms with E-state index in [9.17, 15) is 13.6 Å². The van der Waals surface area contributed by atoms with E-state index < -0.39 is 17.6 Å². The van der Waals surface area contributed by atoms with Crippen LogP contribution in [0.2, 0.25) is 0 Å². The van der Waals surface area contributed by atoms with Crippen molar-refractivity contribution in [3.05, 3.63) is 35.4 Å². The Morgan fingerprint density at radius 1 is 1.47 bits per heavy atom. The molecule has 3 N–H and O–H groups in total. The van der Waals surface area contributed by atoms with Crippen molar-refractivity contribution in [2.24, 2.45) is 11.7 Å². The number of amides is 1. The van der Waals surface area contributed by atoms with Crippen LogP contribution in [-0.2, 0) is 11.2 Å². The summed E-state index contributed by atoms with van der Waals surface area (Å²) in [6.45, 7) is 2.37. The molecule has 3 nitrogen and oxygen atoms in total. The molecule has 0 spiro atoms. The molecule has 0 fully saturated rings. The fourth-order valence-electron chi connectivity index (χ4n) is 1.57. The Balaban J connectivity index is 2.80. The summed E-state index contributed by atoms with van der Waals surface area (Å²) in [7, 11) is 0. The van der Waals surface area contributed by atoms with Crippen LogP contribution in [0.15, 0.2) is 18.2 Å². The number of benzene rings is 1. The maximum atomic E-state index is 13.4. The number of carbonyl (C=O) groups is 1. The van der Waals surface area contributed by atoms with E-state index in [4.69, 9.17) is 5.73 Å². The minimum absolute atomic E-state index is 0.0990. The highest BCUT2D eigenvalue weighted by Gasteiger charge is 2.19. The van der Waals surface area contributed by atoms with Gasteiger partial charge in [-0.3, -0.25) is 4.79 Å². The van der Waals surface area contributed by atoms with Crippen molar-refractivity contribution in [1.29, 1.82) is 0 Å². The van der Waals surface area contributed by atoms with Gasteiger partial charge in [0.1, 0.15) is 0 Å². The third-order valence-corrected chi connectivity index (χ3v) is 2.50. The smallest absolute Gasteiger partial charge is 0.224 e. The number of carbonyl (C=O) groups excluding carboxylic acids is 1. The minimum Gasteiger partial charge on any atom is -0.356 e. The molecule has 1 rings (SSSR count). The van der Waals surface area contributed by atoms with Crippen molar-refractivity contribution < 1.29 is 13.6 Å². The third-order valence-electron chi connectivity index (χ3n) is 2.50. The molecule has 0 saturated heterocycles. The van der Waals surface area contributed by atoms with Gasteiger partial charge in [-0.15, -0.1) is 0 Å². The average Bonchev–Trinajstić information content (AvgIpc) is 2.31. The van der Waals surface area contributed by atoms with Crippen LogP contribution in [0.1, 0.15) is 12.5 Å². The second-order valence-corrected chi connectivity index (χ2v) is 3.74. The Hall–Kier alpha value is -1.49. The summed E-state index contributed by atoms with van der Waals surface area (Å²) in [5.74, 6) is -2.59. The zero-order chi connectivity index (χ0) is 12.8. The van der Waals surface area contributed by atoms with Gasteiger partial charge in [-0.2, -0.15) is 0 Å². The molecule has 0 aromatic heterocycles. The number of hydrogen-bond donors (Lipinski definition) is 2. The lowest BCUT2D eigenvalue weighted by atomic mass is 9.98. The molecule has 1 atom stereocenters. The van der Waals surface area contributed by atoms with E-state index in [0.717, 1.165) is 6.07 Å². The van der Waals surface area contributed by atoms with Crippen LogP contribution in [0.5, 0.6) is 0 Å². The predicted molar refractivity (Wildman–Crippen MR) is 61.3 cm³/mol. The van der Waals surface area contributed by atoms with Gasteiger partial charge in [-0.1, -0.05) is 12.1 Å². The predicted octanol–water partition coefficient (Wildman–Crippen LogP) is 1.22. The maximum Gasteiger partial charge on any atom is 0.224 e. The zero-order valence-electron chi connectivity index (χ0n) is 9.67. The van der Waals surface area contributed by atoms with E-state index in [-0.39, 0.29) is 24.4 Å². The third kappa shape index (κ3) is 3.49. The first-order valence-electron chi connectivity index (χ1n) is 5.50. The van der Waals surface area contributed by atoms with E-state index in [1.807, 2.05) is 0 Å². The zero-order valence-corrected chi connectivity index (χ0v) is 9.67. The number of hydrogen-bond acceptors (Lipinski definition) is 2. The molecule has 0 aliphatic heterocycles. The van der Waals surface area contributed by atoms with Gasteiger partial charge in [0, 0.05) is 13.1 Å². The van der Waals surface area contributed by atoms with Crippen LogP contribution < -0.4 is 11.1 Å². The number of nitrogens with two attached hydrogens (primary N) is 1. The fraction of sp³-hybridized carbons (Fsp3) is 0.417. The van der Waals surface area contributed by atoms with Gasteiger partial charge in [0.25, 0.3) is 0 Å². The largest absolute Gasteiger partial charge is 0.356 e. The Morgan fingerprint density at radius 2 is 2.18 bits per heavy atom. The van der Waals surface area contributed by atoms with E-state index in [1.54, 1.807) is 6.92 Å². The maximum absolute atomic E-state index is 13.4. The molecule has 0 aliphatic carbocycles. The lowest BCUT2D eigenvalue weighted by Crippen LogP contribution is -2.36. The summed E-state index contributed by atoms with van der Waals surface area (Å²) in [4.78, 5) is 11.6. The van der Waals surface area contributed by atoms with Crippen molar-refractivity contribution in [1.82, 2.24) is 5.32 Å². The number of halogens is 2. The summed E-state index contributed by atoms with van der Waals surface area (Å²) < 4.78 is 26.4. The molecule has 0 bridgehead atoms. The molecule has 1 unspecified atom stereocenters. The van der Waals surface area contributed by atoms with Crippen molar-refractivity contribution in [2.45, 2.75) is 13.3 Å². The molecular weight excluding hydrogens is 226 g/mol. The Bertz CT molecular complexity index is 396. The van der Waals surface area contributed by atoms with Gasteiger partial charge in [0.05, 0.1) is 5.92 Å². The van der Waals surface area contributed by atoms with E-state index in [1.165, 1.54) is 12.1 Å². The van der Waals surface area contributed by atoms with Gasteiger partial charge >= 0.3 is 0 Å². The lowest BCUT2D eigenvalue weighted by molar-refractivity contribution is -0.124. The topological polar surface area (TPSA) is 55.1 Å². The Morgan fingerprint density at radius 3 is 2.76 bits per heavy atom. The first-order valence-corrected chi connectivity index (χ1v) is 5.50. The SMILES string of the molecule is CCNC(=O)C(CN)Cc1cccc(F)c1F. The van der Waals surface area contributed by atoms with E-state index in [0.29, 0.717) is 6.54 Å². The molecule has 1 aromatic rings. The molecule has 0 saturated carbocycles. The van der Waals surface area contributed by atoms with E-state index in [2.05, 4.69) is 5.32 Å². The molecular formula is C12H16F2N2O. The molecule has 0 radical (unpaired) electrons. The van der Waals surface area contributed by atoms with Crippen molar-refractivity contribution >= 4 is 5.91 Å². The monoisotopic (exact) mass is 242 g/mol. The van der Waals surface area contributed by atoms with Gasteiger partial charge < -0.3 is 11.1 Å². The highest BCUT2D eigenvalue weighted by Crippen LogP contribution is 2.15. The van der Waals surface area contributed by atoms with Crippen LogP contribution in [0.3, 0.4) is 0 Å². The summed E-state index contributed by atoms with van der Waals surface area (Å²) >= 11 is 0. The molecule has 17 heavy (non-hydrogen) atoms. The van der Waals surface area contributed by atoms with Gasteiger partial charge in [-0.25, -0.2) is 8.78 Å². The highest BCUT2D eigenvalue weighted by molar-refractivity contribution is 5.79. The lowest BCUT2D eigenvalue weighted by Gasteiger charge is -2.14. The average molecular weight is 242 g/mol. The minimum atomic E-state index is -0.908. The van der Waals surface area contributed by atoms with Crippen LogP contribution >= 0.6 is 0 Å². The molecule has 1 amide bonds. The summed E-state index contributed by atoms with van der Waals surface area (Å²) in [5.41, 5.74) is 5.64. The van der Waals surface area contributed by atoms with Crippen LogP contribution in [-0.4, -0.2) is 19.0 Å². The number of nitrogens with one attached hydrogen (secondary N) is 1. The first kappa shape index (κ1) is 13.6. The number of rotatable bonds is 5. The van der Waals surface area contributed by atoms with Gasteiger partial charge in [0.2, 0.25) is 5.91 Å². The second kappa shape index (κ2) is 6.30. The van der Waals surface area contributed by atoms with Crippen molar-refractivity contribution in [3.8, 4) is 0 Å². The van der Waals surface area contributed by atoms with Crippen LogP contribution in [0, 0.1) is 17.6 Å². The normalized spacial score (nSPS) is 12.2. The first-order chi connectivity index (χ1) is 8.10. The highest BCUT2D eigenvalue weighted by atomic mass is 19.2. The van der Waals surface area contributed by atoms with E-state index >= 15 is 0 Å². The van der Waals surface area contributed by atoms with Crippen LogP contribution in [0.4, 0.5) is 8.78 Å². The Kier molecular flexibility index (Phi) is 5.03. The second-order valence-electron chi connectivity index (χ2n) is 3.74. The molecule has 0 aliphatic rings. The van der Waals surface area contributed by atoms with Gasteiger partial charge in [-0.05, 0) is 25.0 Å². The van der Waals surface area contributed by atoms with Crippen LogP contribution in [0.25, 0.3) is 0 Å². The fourth-order valence-corrected chi connectivity index (χ4v) is 1.57. The molecule has 94 valence electrons. The van der Waals surface area contributed by atoms with Crippen molar-refractivity contribution in [2.75, 3.05) is 13.1 Å². The molecule has 1 aromatic carbocycles. The summed E-state index contributed by atoms with van der Waals surface area (Å²) in [6.07, 6.45) is 0.103. The molecule has 0 heterocycles.